The molecule has 0 fully saturated rings. The summed E-state index contributed by atoms with van der Waals surface area (Å²) in [7, 11) is 1.80. The van der Waals surface area contributed by atoms with Crippen LogP contribution in [0.2, 0.25) is 0 Å². The molecule has 0 saturated carbocycles. The van der Waals surface area contributed by atoms with Crippen molar-refractivity contribution in [2.45, 2.75) is 32.2 Å². The summed E-state index contributed by atoms with van der Waals surface area (Å²) in [5, 5.41) is 12.2. The smallest absolute Gasteiger partial charge is 0.227 e. The second-order valence-electron chi connectivity index (χ2n) is 5.16. The van der Waals surface area contributed by atoms with E-state index in [0.717, 1.165) is 23.4 Å². The molecule has 1 aliphatic rings. The highest BCUT2D eigenvalue weighted by molar-refractivity contribution is 5.96. The minimum absolute atomic E-state index is 0.153. The number of hydrogen-bond acceptors (Lipinski definition) is 3. The molecule has 0 aromatic heterocycles. The van der Waals surface area contributed by atoms with Gasteiger partial charge in [-0.2, -0.15) is 5.26 Å². The first-order chi connectivity index (χ1) is 8.43. The summed E-state index contributed by atoms with van der Waals surface area (Å²) in [6, 6.07) is 8.08. The van der Waals surface area contributed by atoms with Crippen LogP contribution in [-0.4, -0.2) is 18.5 Å². The van der Waals surface area contributed by atoms with E-state index in [-0.39, 0.29) is 5.91 Å². The molecule has 1 aromatic rings. The Bertz CT molecular complexity index is 528. The number of nitrogens with one attached hydrogen (secondary N) is 1. The number of benzene rings is 1. The van der Waals surface area contributed by atoms with Crippen LogP contribution in [0.1, 0.15) is 25.8 Å². The second kappa shape index (κ2) is 4.34. The summed E-state index contributed by atoms with van der Waals surface area (Å²) >= 11 is 0. The molecule has 4 heteroatoms. The molecule has 1 aromatic carbocycles. The SMILES string of the molecule is CN1C(=O)CCc2cc(NC(C)(C)C#N)ccc21. The normalized spacial score (nSPS) is 15.0. The van der Waals surface area contributed by atoms with Crippen molar-refractivity contribution in [1.29, 1.82) is 5.26 Å². The van der Waals surface area contributed by atoms with E-state index in [1.807, 2.05) is 32.0 Å². The van der Waals surface area contributed by atoms with Crippen LogP contribution in [0.5, 0.6) is 0 Å². The lowest BCUT2D eigenvalue weighted by Gasteiger charge is -2.27. The fourth-order valence-corrected chi connectivity index (χ4v) is 2.12. The first-order valence-electron chi connectivity index (χ1n) is 6.02. The maximum atomic E-state index is 11.6. The zero-order chi connectivity index (χ0) is 13.3. The maximum Gasteiger partial charge on any atom is 0.227 e. The Kier molecular flexibility index (Phi) is 3.00. The third kappa shape index (κ3) is 2.30. The zero-order valence-corrected chi connectivity index (χ0v) is 10.9. The molecule has 0 aliphatic carbocycles. The van der Waals surface area contributed by atoms with Gasteiger partial charge < -0.3 is 10.2 Å². The molecule has 0 atom stereocenters. The van der Waals surface area contributed by atoms with E-state index in [4.69, 9.17) is 5.26 Å². The largest absolute Gasteiger partial charge is 0.368 e. The molecule has 18 heavy (non-hydrogen) atoms. The van der Waals surface area contributed by atoms with Crippen molar-refractivity contribution in [3.8, 4) is 6.07 Å². The van der Waals surface area contributed by atoms with E-state index >= 15 is 0 Å². The molecule has 0 saturated heterocycles. The topological polar surface area (TPSA) is 56.1 Å². The number of carbonyl (C=O) groups is 1. The predicted octanol–water partition coefficient (Wildman–Crippen LogP) is 2.31. The first-order valence-corrected chi connectivity index (χ1v) is 6.02. The minimum Gasteiger partial charge on any atom is -0.368 e. The Morgan fingerprint density at radius 1 is 1.39 bits per heavy atom. The Morgan fingerprint density at radius 2 is 2.11 bits per heavy atom. The van der Waals surface area contributed by atoms with E-state index in [2.05, 4.69) is 11.4 Å². The Labute approximate surface area is 107 Å². The highest BCUT2D eigenvalue weighted by Gasteiger charge is 2.22. The number of anilines is 2. The number of hydrogen-bond donors (Lipinski definition) is 1. The highest BCUT2D eigenvalue weighted by Crippen LogP contribution is 2.30. The van der Waals surface area contributed by atoms with Crippen LogP contribution >= 0.6 is 0 Å². The van der Waals surface area contributed by atoms with Gasteiger partial charge >= 0.3 is 0 Å². The van der Waals surface area contributed by atoms with Crippen LogP contribution < -0.4 is 10.2 Å². The number of fused-ring (bicyclic) bond motifs is 1. The number of aryl methyl sites for hydroxylation is 1. The summed E-state index contributed by atoms with van der Waals surface area (Å²) in [4.78, 5) is 13.3. The average Bonchev–Trinajstić information content (AvgIpc) is 2.34. The Hall–Kier alpha value is -2.02. The first kappa shape index (κ1) is 12.4. The van der Waals surface area contributed by atoms with Crippen LogP contribution in [-0.2, 0) is 11.2 Å². The molecular weight excluding hydrogens is 226 g/mol. The summed E-state index contributed by atoms with van der Waals surface area (Å²) in [5.41, 5.74) is 2.44. The molecule has 1 heterocycles. The van der Waals surface area contributed by atoms with Crippen molar-refractivity contribution in [2.75, 3.05) is 17.3 Å². The summed E-state index contributed by atoms with van der Waals surface area (Å²) in [5.74, 6) is 0.153. The van der Waals surface area contributed by atoms with Crippen LogP contribution in [0.4, 0.5) is 11.4 Å². The van der Waals surface area contributed by atoms with E-state index in [0.29, 0.717) is 6.42 Å². The molecule has 2 rings (SSSR count). The van der Waals surface area contributed by atoms with Crippen molar-refractivity contribution in [1.82, 2.24) is 0 Å². The fourth-order valence-electron chi connectivity index (χ4n) is 2.12. The van der Waals surface area contributed by atoms with Gasteiger partial charge in [0.2, 0.25) is 5.91 Å². The van der Waals surface area contributed by atoms with Crippen molar-refractivity contribution >= 4 is 17.3 Å². The highest BCUT2D eigenvalue weighted by atomic mass is 16.2. The predicted molar refractivity (Wildman–Crippen MR) is 71.5 cm³/mol. The molecule has 94 valence electrons. The fraction of sp³-hybridized carbons (Fsp3) is 0.429. The molecule has 0 unspecified atom stereocenters. The van der Waals surface area contributed by atoms with Crippen LogP contribution in [0.3, 0.4) is 0 Å². The Morgan fingerprint density at radius 3 is 2.78 bits per heavy atom. The van der Waals surface area contributed by atoms with Crippen molar-refractivity contribution in [2.24, 2.45) is 0 Å². The number of amides is 1. The van der Waals surface area contributed by atoms with Gasteiger partial charge in [-0.3, -0.25) is 4.79 Å². The van der Waals surface area contributed by atoms with E-state index in [1.54, 1.807) is 11.9 Å². The monoisotopic (exact) mass is 243 g/mol. The quantitative estimate of drug-likeness (QED) is 0.867. The van der Waals surface area contributed by atoms with E-state index in [9.17, 15) is 4.79 Å². The van der Waals surface area contributed by atoms with Crippen molar-refractivity contribution in [3.63, 3.8) is 0 Å². The van der Waals surface area contributed by atoms with E-state index in [1.165, 1.54) is 0 Å². The third-order valence-corrected chi connectivity index (χ3v) is 3.16. The van der Waals surface area contributed by atoms with Crippen LogP contribution in [0.15, 0.2) is 18.2 Å². The number of carbonyl (C=O) groups excluding carboxylic acids is 1. The minimum atomic E-state index is -0.593. The van der Waals surface area contributed by atoms with Gasteiger partial charge in [0.05, 0.1) is 6.07 Å². The molecule has 0 bridgehead atoms. The van der Waals surface area contributed by atoms with Gasteiger partial charge in [0.25, 0.3) is 0 Å². The van der Waals surface area contributed by atoms with Gasteiger partial charge in [0.15, 0.2) is 0 Å². The van der Waals surface area contributed by atoms with Crippen LogP contribution in [0, 0.1) is 11.3 Å². The van der Waals surface area contributed by atoms with Crippen molar-refractivity contribution < 1.29 is 4.79 Å². The molecule has 0 radical (unpaired) electrons. The van der Waals surface area contributed by atoms with Gasteiger partial charge in [0, 0.05) is 24.8 Å². The van der Waals surface area contributed by atoms with Gasteiger partial charge in [-0.25, -0.2) is 0 Å². The molecular formula is C14H17N3O. The van der Waals surface area contributed by atoms with Gasteiger partial charge in [-0.15, -0.1) is 0 Å². The van der Waals surface area contributed by atoms with Gasteiger partial charge in [-0.05, 0) is 44.0 Å². The Balaban J connectivity index is 2.29. The zero-order valence-electron chi connectivity index (χ0n) is 10.9. The summed E-state index contributed by atoms with van der Waals surface area (Å²) < 4.78 is 0. The van der Waals surface area contributed by atoms with Gasteiger partial charge in [0.1, 0.15) is 5.54 Å². The lowest BCUT2D eigenvalue weighted by atomic mass is 10.00. The standard InChI is InChI=1S/C14H17N3O/c1-14(2,9-15)16-11-5-6-12-10(8-11)4-7-13(18)17(12)3/h5-6,8,16H,4,7H2,1-3H3. The van der Waals surface area contributed by atoms with Gasteiger partial charge in [-0.1, -0.05) is 0 Å². The third-order valence-electron chi connectivity index (χ3n) is 3.16. The molecule has 1 N–H and O–H groups in total. The molecule has 4 nitrogen and oxygen atoms in total. The second-order valence-corrected chi connectivity index (χ2v) is 5.16. The molecule has 0 spiro atoms. The lowest BCUT2D eigenvalue weighted by molar-refractivity contribution is -0.118. The summed E-state index contributed by atoms with van der Waals surface area (Å²) in [6.07, 6.45) is 1.32. The van der Waals surface area contributed by atoms with Crippen molar-refractivity contribution in [3.05, 3.63) is 23.8 Å². The maximum absolute atomic E-state index is 11.6. The number of nitrogens with zero attached hydrogens (tertiary/aromatic N) is 2. The summed E-state index contributed by atoms with van der Waals surface area (Å²) in [6.45, 7) is 3.67. The number of nitriles is 1. The number of rotatable bonds is 2. The molecule has 1 aliphatic heterocycles. The average molecular weight is 243 g/mol. The lowest BCUT2D eigenvalue weighted by Crippen LogP contribution is -2.32. The van der Waals surface area contributed by atoms with Crippen LogP contribution in [0.25, 0.3) is 0 Å². The van der Waals surface area contributed by atoms with E-state index < -0.39 is 5.54 Å². The molecule has 1 amide bonds.